The number of halogens is 1. The quantitative estimate of drug-likeness (QED) is 0.876. The maximum absolute atomic E-state index is 4.39. The lowest BCUT2D eigenvalue weighted by Gasteiger charge is -2.14. The van der Waals surface area contributed by atoms with Gasteiger partial charge >= 0.3 is 0 Å². The van der Waals surface area contributed by atoms with Crippen LogP contribution >= 0.6 is 12.4 Å². The predicted octanol–water partition coefficient (Wildman–Crippen LogP) is 3.57. The number of rotatable bonds is 6. The van der Waals surface area contributed by atoms with Crippen molar-refractivity contribution in [3.63, 3.8) is 0 Å². The summed E-state index contributed by atoms with van der Waals surface area (Å²) in [6.45, 7) is 6.15. The molecule has 1 heterocycles. The summed E-state index contributed by atoms with van der Waals surface area (Å²) in [5, 5.41) is 7.85. The Hall–Kier alpha value is -1.32. The molecule has 1 aromatic carbocycles. The molecule has 2 aromatic rings. The van der Waals surface area contributed by atoms with Crippen molar-refractivity contribution in [3.05, 3.63) is 53.9 Å². The molecule has 1 N–H and O–H groups in total. The van der Waals surface area contributed by atoms with Gasteiger partial charge in [0.25, 0.3) is 0 Å². The van der Waals surface area contributed by atoms with E-state index in [1.54, 1.807) is 0 Å². The zero-order valence-electron chi connectivity index (χ0n) is 11.5. The lowest BCUT2D eigenvalue weighted by molar-refractivity contribution is 0.451. The van der Waals surface area contributed by atoms with E-state index in [1.165, 1.54) is 11.3 Å². The number of nitrogens with zero attached hydrogens (tertiary/aromatic N) is 2. The Balaban J connectivity index is 0.00000180. The summed E-state index contributed by atoms with van der Waals surface area (Å²) < 4.78 is 2.11. The summed E-state index contributed by atoms with van der Waals surface area (Å²) >= 11 is 0. The minimum atomic E-state index is 0. The van der Waals surface area contributed by atoms with Gasteiger partial charge in [0.15, 0.2) is 0 Å². The van der Waals surface area contributed by atoms with Crippen molar-refractivity contribution in [2.24, 2.45) is 0 Å². The number of nitrogens with one attached hydrogen (secondary N) is 1. The molecule has 1 atom stereocenters. The van der Waals surface area contributed by atoms with Crippen LogP contribution in [0.4, 0.5) is 0 Å². The Morgan fingerprint density at radius 3 is 2.58 bits per heavy atom. The summed E-state index contributed by atoms with van der Waals surface area (Å²) in [6.07, 6.45) is 2.99. The largest absolute Gasteiger partial charge is 0.307 e. The molecule has 0 aliphatic heterocycles. The second kappa shape index (κ2) is 7.97. The molecule has 0 aliphatic carbocycles. The van der Waals surface area contributed by atoms with E-state index in [9.17, 15) is 0 Å². The molecule has 0 spiro atoms. The SMILES string of the molecule is CCC(C)n1nccc1CNCc1ccccc1.Cl. The molecule has 19 heavy (non-hydrogen) atoms. The van der Waals surface area contributed by atoms with Gasteiger partial charge in [0.05, 0.1) is 5.69 Å². The molecule has 0 aliphatic rings. The molecular weight excluding hydrogens is 258 g/mol. The van der Waals surface area contributed by atoms with Gasteiger partial charge in [-0.25, -0.2) is 0 Å². The molecular formula is C15H22ClN3. The lowest BCUT2D eigenvalue weighted by atomic mass is 10.2. The van der Waals surface area contributed by atoms with Crippen LogP contribution < -0.4 is 5.32 Å². The third-order valence-electron chi connectivity index (χ3n) is 3.24. The maximum atomic E-state index is 4.39. The van der Waals surface area contributed by atoms with E-state index in [0.717, 1.165) is 19.5 Å². The molecule has 4 heteroatoms. The van der Waals surface area contributed by atoms with Crippen LogP contribution in [0.2, 0.25) is 0 Å². The average Bonchev–Trinajstić information content (AvgIpc) is 2.87. The van der Waals surface area contributed by atoms with Crippen molar-refractivity contribution >= 4 is 12.4 Å². The molecule has 104 valence electrons. The number of aromatic nitrogens is 2. The molecule has 0 fully saturated rings. The zero-order valence-corrected chi connectivity index (χ0v) is 12.4. The van der Waals surface area contributed by atoms with E-state index in [2.05, 4.69) is 59.3 Å². The molecule has 2 rings (SSSR count). The van der Waals surface area contributed by atoms with Gasteiger partial charge in [-0.3, -0.25) is 4.68 Å². The Bertz CT molecular complexity index is 467. The van der Waals surface area contributed by atoms with Crippen molar-refractivity contribution in [3.8, 4) is 0 Å². The molecule has 1 unspecified atom stereocenters. The van der Waals surface area contributed by atoms with Crippen LogP contribution in [-0.2, 0) is 13.1 Å². The fourth-order valence-electron chi connectivity index (χ4n) is 1.98. The highest BCUT2D eigenvalue weighted by Gasteiger charge is 2.07. The highest BCUT2D eigenvalue weighted by atomic mass is 35.5. The Labute approximate surface area is 121 Å². The van der Waals surface area contributed by atoms with Crippen molar-refractivity contribution in [1.82, 2.24) is 15.1 Å². The third-order valence-corrected chi connectivity index (χ3v) is 3.24. The summed E-state index contributed by atoms with van der Waals surface area (Å²) in [6, 6.07) is 13.0. The first-order chi connectivity index (χ1) is 8.81. The van der Waals surface area contributed by atoms with E-state index in [-0.39, 0.29) is 12.4 Å². The molecule has 0 saturated carbocycles. The van der Waals surface area contributed by atoms with Gasteiger partial charge in [-0.05, 0) is 25.0 Å². The lowest BCUT2D eigenvalue weighted by Crippen LogP contribution is -2.18. The Kier molecular flexibility index (Phi) is 6.60. The number of hydrogen-bond acceptors (Lipinski definition) is 2. The van der Waals surface area contributed by atoms with E-state index in [1.807, 2.05) is 12.3 Å². The van der Waals surface area contributed by atoms with Gasteiger partial charge in [-0.15, -0.1) is 12.4 Å². The topological polar surface area (TPSA) is 29.9 Å². The first-order valence-electron chi connectivity index (χ1n) is 6.58. The van der Waals surface area contributed by atoms with Crippen LogP contribution in [0.3, 0.4) is 0 Å². The summed E-state index contributed by atoms with van der Waals surface area (Å²) in [4.78, 5) is 0. The highest BCUT2D eigenvalue weighted by molar-refractivity contribution is 5.85. The fraction of sp³-hybridized carbons (Fsp3) is 0.400. The standard InChI is InChI=1S/C15H21N3.ClH/c1-3-13(2)18-15(9-10-17-18)12-16-11-14-7-5-4-6-8-14;/h4-10,13,16H,3,11-12H2,1-2H3;1H. The summed E-state index contributed by atoms with van der Waals surface area (Å²) in [5.74, 6) is 0. The van der Waals surface area contributed by atoms with Crippen molar-refractivity contribution in [1.29, 1.82) is 0 Å². The molecule has 3 nitrogen and oxygen atoms in total. The minimum Gasteiger partial charge on any atom is -0.307 e. The van der Waals surface area contributed by atoms with Crippen LogP contribution in [0, 0.1) is 0 Å². The second-order valence-corrected chi connectivity index (χ2v) is 4.61. The Morgan fingerprint density at radius 1 is 1.16 bits per heavy atom. The van der Waals surface area contributed by atoms with Gasteiger partial charge in [0.1, 0.15) is 0 Å². The van der Waals surface area contributed by atoms with Crippen LogP contribution in [0.1, 0.15) is 37.6 Å². The highest BCUT2D eigenvalue weighted by Crippen LogP contribution is 2.12. The minimum absolute atomic E-state index is 0. The molecule has 0 saturated heterocycles. The Morgan fingerprint density at radius 2 is 1.89 bits per heavy atom. The summed E-state index contributed by atoms with van der Waals surface area (Å²) in [7, 11) is 0. The van der Waals surface area contributed by atoms with E-state index >= 15 is 0 Å². The van der Waals surface area contributed by atoms with E-state index in [0.29, 0.717) is 6.04 Å². The van der Waals surface area contributed by atoms with Crippen molar-refractivity contribution in [2.45, 2.75) is 39.4 Å². The first kappa shape index (κ1) is 15.7. The van der Waals surface area contributed by atoms with E-state index < -0.39 is 0 Å². The van der Waals surface area contributed by atoms with Crippen LogP contribution in [-0.4, -0.2) is 9.78 Å². The van der Waals surface area contributed by atoms with Gasteiger partial charge in [-0.1, -0.05) is 37.3 Å². The number of benzene rings is 1. The van der Waals surface area contributed by atoms with Crippen LogP contribution in [0.15, 0.2) is 42.6 Å². The molecule has 0 amide bonds. The average molecular weight is 280 g/mol. The van der Waals surface area contributed by atoms with E-state index in [4.69, 9.17) is 0 Å². The monoisotopic (exact) mass is 279 g/mol. The second-order valence-electron chi connectivity index (χ2n) is 4.61. The smallest absolute Gasteiger partial charge is 0.0525 e. The van der Waals surface area contributed by atoms with Crippen LogP contribution in [0.5, 0.6) is 0 Å². The number of hydrogen-bond donors (Lipinski definition) is 1. The molecule has 1 aromatic heterocycles. The van der Waals surface area contributed by atoms with Crippen molar-refractivity contribution < 1.29 is 0 Å². The summed E-state index contributed by atoms with van der Waals surface area (Å²) in [5.41, 5.74) is 2.56. The first-order valence-corrected chi connectivity index (χ1v) is 6.58. The zero-order chi connectivity index (χ0) is 12.8. The fourth-order valence-corrected chi connectivity index (χ4v) is 1.98. The normalized spacial score (nSPS) is 11.9. The van der Waals surface area contributed by atoms with Crippen molar-refractivity contribution in [2.75, 3.05) is 0 Å². The predicted molar refractivity (Wildman–Crippen MR) is 81.5 cm³/mol. The molecule has 0 radical (unpaired) electrons. The maximum Gasteiger partial charge on any atom is 0.0525 e. The van der Waals surface area contributed by atoms with Gasteiger partial charge in [-0.2, -0.15) is 5.10 Å². The van der Waals surface area contributed by atoms with Gasteiger partial charge in [0, 0.05) is 25.3 Å². The molecule has 0 bridgehead atoms. The third kappa shape index (κ3) is 4.37. The van der Waals surface area contributed by atoms with Gasteiger partial charge in [0.2, 0.25) is 0 Å². The van der Waals surface area contributed by atoms with Gasteiger partial charge < -0.3 is 5.32 Å². The van der Waals surface area contributed by atoms with Crippen LogP contribution in [0.25, 0.3) is 0 Å².